The van der Waals surface area contributed by atoms with E-state index in [-0.39, 0.29) is 5.82 Å². The molecule has 21 heavy (non-hydrogen) atoms. The first-order valence-electron chi connectivity index (χ1n) is 6.78. The minimum absolute atomic E-state index is 0.233. The molecule has 1 heterocycles. The maximum Gasteiger partial charge on any atom is 0.137 e. The van der Waals surface area contributed by atoms with Gasteiger partial charge < -0.3 is 9.88 Å². The van der Waals surface area contributed by atoms with Crippen LogP contribution in [0.25, 0.3) is 10.9 Å². The van der Waals surface area contributed by atoms with Gasteiger partial charge in [0.1, 0.15) is 5.82 Å². The second-order valence-electron chi connectivity index (χ2n) is 5.22. The minimum Gasteiger partial charge on any atom is -0.381 e. The predicted molar refractivity (Wildman–Crippen MR) is 89.1 cm³/mol. The average Bonchev–Trinajstić information content (AvgIpc) is 2.79. The number of anilines is 1. The number of nitrogens with zero attached hydrogens (tertiary/aromatic N) is 1. The van der Waals surface area contributed by atoms with Gasteiger partial charge in [-0.2, -0.15) is 0 Å². The van der Waals surface area contributed by atoms with E-state index in [4.69, 9.17) is 0 Å². The normalized spacial score (nSPS) is 11.0. The monoisotopic (exact) mass is 346 g/mol. The summed E-state index contributed by atoms with van der Waals surface area (Å²) in [5.74, 6) is -0.233. The van der Waals surface area contributed by atoms with Crippen LogP contribution < -0.4 is 5.32 Å². The van der Waals surface area contributed by atoms with Crippen molar-refractivity contribution >= 4 is 32.5 Å². The van der Waals surface area contributed by atoms with Crippen molar-refractivity contribution in [3.63, 3.8) is 0 Å². The smallest absolute Gasteiger partial charge is 0.137 e. The van der Waals surface area contributed by atoms with Gasteiger partial charge in [-0.05, 0) is 52.2 Å². The van der Waals surface area contributed by atoms with Crippen LogP contribution in [-0.2, 0) is 13.6 Å². The molecule has 0 bridgehead atoms. The van der Waals surface area contributed by atoms with Gasteiger partial charge in [0.05, 0.1) is 4.47 Å². The van der Waals surface area contributed by atoms with Crippen molar-refractivity contribution in [3.8, 4) is 0 Å². The van der Waals surface area contributed by atoms with Gasteiger partial charge in [0.25, 0.3) is 0 Å². The zero-order valence-corrected chi connectivity index (χ0v) is 13.5. The first-order chi connectivity index (χ1) is 10.1. The first-order valence-corrected chi connectivity index (χ1v) is 7.58. The summed E-state index contributed by atoms with van der Waals surface area (Å²) in [6.07, 6.45) is 2.13. The van der Waals surface area contributed by atoms with Crippen LogP contribution in [0, 0.1) is 12.7 Å². The van der Waals surface area contributed by atoms with Gasteiger partial charge in [0.2, 0.25) is 0 Å². The van der Waals surface area contributed by atoms with E-state index in [2.05, 4.69) is 44.1 Å². The van der Waals surface area contributed by atoms with Crippen molar-refractivity contribution in [2.45, 2.75) is 13.5 Å². The van der Waals surface area contributed by atoms with Crippen LogP contribution in [0.2, 0.25) is 0 Å². The Balaban J connectivity index is 1.89. The number of benzene rings is 2. The van der Waals surface area contributed by atoms with E-state index < -0.39 is 0 Å². The third-order valence-corrected chi connectivity index (χ3v) is 4.32. The third-order valence-electron chi connectivity index (χ3n) is 3.72. The Kier molecular flexibility index (Phi) is 3.72. The number of aryl methyl sites for hydroxylation is 2. The summed E-state index contributed by atoms with van der Waals surface area (Å²) >= 11 is 3.23. The Bertz CT molecular complexity index is 808. The standard InChI is InChI=1S/C17H16BrFN2/c1-11-7-15(19)14(18)8-16(11)20-9-12-10-21(2)17-6-4-3-5-13(12)17/h3-8,10,20H,9H2,1-2H3. The summed E-state index contributed by atoms with van der Waals surface area (Å²) in [6.45, 7) is 2.61. The van der Waals surface area contributed by atoms with Crippen LogP contribution in [-0.4, -0.2) is 4.57 Å². The second kappa shape index (κ2) is 5.53. The molecule has 0 fully saturated rings. The zero-order valence-electron chi connectivity index (χ0n) is 12.0. The average molecular weight is 347 g/mol. The Hall–Kier alpha value is -1.81. The van der Waals surface area contributed by atoms with E-state index in [1.165, 1.54) is 22.5 Å². The predicted octanol–water partition coefficient (Wildman–Crippen LogP) is 5.00. The fourth-order valence-corrected chi connectivity index (χ4v) is 2.94. The maximum absolute atomic E-state index is 13.5. The summed E-state index contributed by atoms with van der Waals surface area (Å²) in [4.78, 5) is 0. The molecule has 4 heteroatoms. The first kappa shape index (κ1) is 14.1. The SMILES string of the molecule is Cc1cc(F)c(Br)cc1NCc1cn(C)c2ccccc12. The highest BCUT2D eigenvalue weighted by molar-refractivity contribution is 9.10. The molecule has 1 aromatic heterocycles. The van der Waals surface area contributed by atoms with Crippen molar-refractivity contribution in [2.75, 3.05) is 5.32 Å². The van der Waals surface area contributed by atoms with Crippen molar-refractivity contribution in [2.24, 2.45) is 7.05 Å². The number of hydrogen-bond donors (Lipinski definition) is 1. The third kappa shape index (κ3) is 2.68. The molecule has 0 aliphatic carbocycles. The Morgan fingerprint density at radius 3 is 2.81 bits per heavy atom. The molecule has 0 saturated carbocycles. The van der Waals surface area contributed by atoms with Crippen molar-refractivity contribution in [1.82, 2.24) is 4.57 Å². The van der Waals surface area contributed by atoms with E-state index >= 15 is 0 Å². The van der Waals surface area contributed by atoms with Crippen molar-refractivity contribution in [1.29, 1.82) is 0 Å². The summed E-state index contributed by atoms with van der Waals surface area (Å²) in [7, 11) is 2.05. The molecule has 0 spiro atoms. The Labute approximate surface area is 131 Å². The van der Waals surface area contributed by atoms with E-state index in [0.29, 0.717) is 11.0 Å². The number of fused-ring (bicyclic) bond motifs is 1. The van der Waals surface area contributed by atoms with Gasteiger partial charge in [-0.1, -0.05) is 18.2 Å². The van der Waals surface area contributed by atoms with Crippen LogP contribution in [0.4, 0.5) is 10.1 Å². The molecule has 0 aliphatic heterocycles. The van der Waals surface area contributed by atoms with Gasteiger partial charge in [0.15, 0.2) is 0 Å². The Morgan fingerprint density at radius 2 is 2.00 bits per heavy atom. The quantitative estimate of drug-likeness (QED) is 0.706. The molecule has 1 N–H and O–H groups in total. The number of para-hydroxylation sites is 1. The molecule has 3 aromatic rings. The Morgan fingerprint density at radius 1 is 1.24 bits per heavy atom. The highest BCUT2D eigenvalue weighted by atomic mass is 79.9. The summed E-state index contributed by atoms with van der Waals surface area (Å²) in [5, 5.41) is 4.63. The van der Waals surface area contributed by atoms with Gasteiger partial charge >= 0.3 is 0 Å². The van der Waals surface area contributed by atoms with Gasteiger partial charge in [-0.15, -0.1) is 0 Å². The van der Waals surface area contributed by atoms with E-state index in [1.54, 1.807) is 6.07 Å². The minimum atomic E-state index is -0.233. The van der Waals surface area contributed by atoms with Gasteiger partial charge in [-0.25, -0.2) is 4.39 Å². The lowest BCUT2D eigenvalue weighted by atomic mass is 10.1. The fraction of sp³-hybridized carbons (Fsp3) is 0.176. The van der Waals surface area contributed by atoms with Crippen LogP contribution in [0.1, 0.15) is 11.1 Å². The number of rotatable bonds is 3. The molecule has 0 aliphatic rings. The maximum atomic E-state index is 13.5. The van der Waals surface area contributed by atoms with Gasteiger partial charge in [-0.3, -0.25) is 0 Å². The van der Waals surface area contributed by atoms with E-state index in [1.807, 2.05) is 26.1 Å². The van der Waals surface area contributed by atoms with Gasteiger partial charge in [0, 0.05) is 36.4 Å². The fourth-order valence-electron chi connectivity index (χ4n) is 2.59. The molecule has 0 amide bonds. The molecule has 108 valence electrons. The highest BCUT2D eigenvalue weighted by Crippen LogP contribution is 2.26. The number of nitrogens with one attached hydrogen (secondary N) is 1. The van der Waals surface area contributed by atoms with Crippen molar-refractivity contribution < 1.29 is 4.39 Å². The lowest BCUT2D eigenvalue weighted by Gasteiger charge is -2.10. The summed E-state index contributed by atoms with van der Waals surface area (Å²) < 4.78 is 16.1. The summed E-state index contributed by atoms with van der Waals surface area (Å²) in [6, 6.07) is 11.6. The molecule has 2 aromatic carbocycles. The molecule has 2 nitrogen and oxygen atoms in total. The molecule has 0 atom stereocenters. The number of hydrogen-bond acceptors (Lipinski definition) is 1. The largest absolute Gasteiger partial charge is 0.381 e. The molecular weight excluding hydrogens is 331 g/mol. The number of aromatic nitrogens is 1. The molecule has 0 saturated heterocycles. The van der Waals surface area contributed by atoms with Crippen LogP contribution >= 0.6 is 15.9 Å². The van der Waals surface area contributed by atoms with Crippen LogP contribution in [0.5, 0.6) is 0 Å². The summed E-state index contributed by atoms with van der Waals surface area (Å²) in [5.41, 5.74) is 4.28. The van der Waals surface area contributed by atoms with E-state index in [0.717, 1.165) is 11.3 Å². The number of halogens is 2. The zero-order chi connectivity index (χ0) is 15.0. The molecule has 0 unspecified atom stereocenters. The lowest BCUT2D eigenvalue weighted by Crippen LogP contribution is -2.01. The highest BCUT2D eigenvalue weighted by Gasteiger charge is 2.08. The van der Waals surface area contributed by atoms with Crippen molar-refractivity contribution in [3.05, 3.63) is 64.0 Å². The lowest BCUT2D eigenvalue weighted by molar-refractivity contribution is 0.620. The van der Waals surface area contributed by atoms with Crippen LogP contribution in [0.15, 0.2) is 47.1 Å². The second-order valence-corrected chi connectivity index (χ2v) is 6.07. The molecule has 3 rings (SSSR count). The van der Waals surface area contributed by atoms with Crippen LogP contribution in [0.3, 0.4) is 0 Å². The molecular formula is C17H16BrFN2. The molecule has 0 radical (unpaired) electrons. The topological polar surface area (TPSA) is 17.0 Å². The van der Waals surface area contributed by atoms with E-state index in [9.17, 15) is 4.39 Å².